The molecule has 0 radical (unpaired) electrons. The molecule has 2 saturated carbocycles. The van der Waals surface area contributed by atoms with E-state index >= 15 is 0 Å². The summed E-state index contributed by atoms with van der Waals surface area (Å²) in [6, 6.07) is 0. The molecule has 0 amide bonds. The van der Waals surface area contributed by atoms with Crippen LogP contribution in [0.25, 0.3) is 0 Å². The topological polar surface area (TPSA) is 37.3 Å². The third-order valence-electron chi connectivity index (χ3n) is 7.35. The van der Waals surface area contributed by atoms with Gasteiger partial charge in [-0.3, -0.25) is 4.79 Å². The average Bonchev–Trinajstić information content (AvgIpc) is 2.45. The van der Waals surface area contributed by atoms with Crippen molar-refractivity contribution in [1.82, 2.24) is 0 Å². The Kier molecular flexibility index (Phi) is 3.58. The third kappa shape index (κ3) is 2.10. The normalized spacial score (nSPS) is 43.5. The Morgan fingerprint density at radius 2 is 2.05 bits per heavy atom. The van der Waals surface area contributed by atoms with E-state index in [9.17, 15) is 9.90 Å². The zero-order chi connectivity index (χ0) is 16.2. The van der Waals surface area contributed by atoms with Gasteiger partial charge in [-0.05, 0) is 61.2 Å². The molecular weight excluding hydrogens is 272 g/mol. The van der Waals surface area contributed by atoms with Crippen molar-refractivity contribution in [3.05, 3.63) is 24.3 Å². The van der Waals surface area contributed by atoms with Gasteiger partial charge in [-0.1, -0.05) is 44.9 Å². The lowest BCUT2D eigenvalue weighted by Crippen LogP contribution is -2.51. The van der Waals surface area contributed by atoms with Gasteiger partial charge < -0.3 is 5.11 Å². The van der Waals surface area contributed by atoms with Crippen LogP contribution in [0, 0.1) is 28.1 Å². The average molecular weight is 302 g/mol. The van der Waals surface area contributed by atoms with Crippen molar-refractivity contribution >= 4 is 5.97 Å². The first kappa shape index (κ1) is 15.8. The van der Waals surface area contributed by atoms with Crippen molar-refractivity contribution in [1.29, 1.82) is 0 Å². The monoisotopic (exact) mass is 302 g/mol. The SMILES string of the molecule is C=C[C@]1(C(=O)O)CC[C@H]2C(=CC[C@@H]3C(C)(C)CCC[C@]32C)C1. The van der Waals surface area contributed by atoms with Crippen LogP contribution in [-0.2, 0) is 4.79 Å². The van der Waals surface area contributed by atoms with Crippen molar-refractivity contribution in [2.45, 2.75) is 65.7 Å². The van der Waals surface area contributed by atoms with Crippen LogP contribution in [0.2, 0.25) is 0 Å². The first-order valence-corrected chi connectivity index (χ1v) is 8.81. The number of rotatable bonds is 2. The van der Waals surface area contributed by atoms with Crippen LogP contribution < -0.4 is 0 Å². The minimum atomic E-state index is -0.726. The van der Waals surface area contributed by atoms with Crippen LogP contribution in [-0.4, -0.2) is 11.1 Å². The molecule has 3 aliphatic rings. The van der Waals surface area contributed by atoms with E-state index in [-0.39, 0.29) is 0 Å². The zero-order valence-corrected chi connectivity index (χ0v) is 14.3. The maximum Gasteiger partial charge on any atom is 0.313 e. The number of carbonyl (C=O) groups is 1. The van der Waals surface area contributed by atoms with E-state index < -0.39 is 11.4 Å². The maximum atomic E-state index is 11.7. The van der Waals surface area contributed by atoms with Crippen molar-refractivity contribution in [2.24, 2.45) is 28.1 Å². The number of aliphatic carboxylic acids is 1. The van der Waals surface area contributed by atoms with Gasteiger partial charge in [0.25, 0.3) is 0 Å². The molecule has 122 valence electrons. The Morgan fingerprint density at radius 1 is 1.32 bits per heavy atom. The van der Waals surface area contributed by atoms with E-state index in [1.54, 1.807) is 6.08 Å². The second-order valence-electron chi connectivity index (χ2n) is 8.85. The molecule has 2 fully saturated rings. The van der Waals surface area contributed by atoms with E-state index in [4.69, 9.17) is 0 Å². The molecule has 0 aromatic heterocycles. The molecule has 0 aliphatic heterocycles. The van der Waals surface area contributed by atoms with E-state index in [2.05, 4.69) is 33.4 Å². The molecule has 0 heterocycles. The molecule has 0 saturated heterocycles. The summed E-state index contributed by atoms with van der Waals surface area (Å²) < 4.78 is 0. The van der Waals surface area contributed by atoms with Crippen LogP contribution in [0.4, 0.5) is 0 Å². The van der Waals surface area contributed by atoms with Gasteiger partial charge in [0.2, 0.25) is 0 Å². The van der Waals surface area contributed by atoms with Gasteiger partial charge in [0.15, 0.2) is 0 Å². The van der Waals surface area contributed by atoms with Crippen LogP contribution >= 0.6 is 0 Å². The Labute approximate surface area is 134 Å². The fourth-order valence-corrected chi connectivity index (χ4v) is 6.02. The van der Waals surface area contributed by atoms with Gasteiger partial charge in [-0.15, -0.1) is 6.58 Å². The highest BCUT2D eigenvalue weighted by Crippen LogP contribution is 2.63. The van der Waals surface area contributed by atoms with Crippen LogP contribution in [0.1, 0.15) is 65.7 Å². The molecule has 3 aliphatic carbocycles. The highest BCUT2D eigenvalue weighted by atomic mass is 16.4. The molecule has 0 bridgehead atoms. The van der Waals surface area contributed by atoms with E-state index in [0.29, 0.717) is 23.2 Å². The largest absolute Gasteiger partial charge is 0.481 e. The summed E-state index contributed by atoms with van der Waals surface area (Å²) in [4.78, 5) is 11.7. The second-order valence-corrected chi connectivity index (χ2v) is 8.85. The molecule has 2 nitrogen and oxygen atoms in total. The zero-order valence-electron chi connectivity index (χ0n) is 14.3. The summed E-state index contributed by atoms with van der Waals surface area (Å²) in [6.45, 7) is 11.2. The molecular formula is C20H30O2. The molecule has 2 heteroatoms. The first-order chi connectivity index (χ1) is 10.3. The van der Waals surface area contributed by atoms with Crippen molar-refractivity contribution < 1.29 is 9.90 Å². The van der Waals surface area contributed by atoms with Crippen molar-refractivity contribution in [3.63, 3.8) is 0 Å². The summed E-state index contributed by atoms with van der Waals surface area (Å²) in [7, 11) is 0. The smallest absolute Gasteiger partial charge is 0.313 e. The van der Waals surface area contributed by atoms with Crippen LogP contribution in [0.3, 0.4) is 0 Å². The molecule has 1 N–H and O–H groups in total. The number of hydrogen-bond acceptors (Lipinski definition) is 1. The van der Waals surface area contributed by atoms with Gasteiger partial charge in [-0.25, -0.2) is 0 Å². The van der Waals surface area contributed by atoms with E-state index in [1.807, 2.05) is 0 Å². The van der Waals surface area contributed by atoms with Crippen molar-refractivity contribution in [3.8, 4) is 0 Å². The fraction of sp³-hybridized carbons (Fsp3) is 0.750. The Hall–Kier alpha value is -1.05. The van der Waals surface area contributed by atoms with E-state index in [0.717, 1.165) is 25.2 Å². The maximum absolute atomic E-state index is 11.7. The van der Waals surface area contributed by atoms with Gasteiger partial charge in [0.05, 0.1) is 5.41 Å². The third-order valence-corrected chi connectivity index (χ3v) is 7.35. The van der Waals surface area contributed by atoms with Gasteiger partial charge in [0.1, 0.15) is 0 Å². The summed E-state index contributed by atoms with van der Waals surface area (Å²) in [5.41, 5.74) is 1.45. The predicted octanol–water partition coefficient (Wildman–Crippen LogP) is 5.21. The molecule has 0 aromatic rings. The predicted molar refractivity (Wildman–Crippen MR) is 89.5 cm³/mol. The number of carboxylic acid groups (broad SMARTS) is 1. The minimum absolute atomic E-state index is 0.359. The second kappa shape index (κ2) is 4.97. The highest BCUT2D eigenvalue weighted by molar-refractivity contribution is 5.77. The molecule has 4 atom stereocenters. The van der Waals surface area contributed by atoms with Crippen molar-refractivity contribution in [2.75, 3.05) is 0 Å². The van der Waals surface area contributed by atoms with E-state index in [1.165, 1.54) is 24.8 Å². The Bertz CT molecular complexity index is 530. The highest BCUT2D eigenvalue weighted by Gasteiger charge is 2.55. The summed E-state index contributed by atoms with van der Waals surface area (Å²) in [5.74, 6) is 0.625. The number of carboxylic acids is 1. The fourth-order valence-electron chi connectivity index (χ4n) is 6.02. The summed E-state index contributed by atoms with van der Waals surface area (Å²) in [5, 5.41) is 9.66. The molecule has 0 spiro atoms. The van der Waals surface area contributed by atoms with Gasteiger partial charge in [0, 0.05) is 0 Å². The number of allylic oxidation sites excluding steroid dienone is 2. The molecule has 3 rings (SSSR count). The first-order valence-electron chi connectivity index (χ1n) is 8.81. The number of fused-ring (bicyclic) bond motifs is 3. The molecule has 22 heavy (non-hydrogen) atoms. The lowest BCUT2D eigenvalue weighted by molar-refractivity contribution is -0.148. The Morgan fingerprint density at radius 3 is 2.68 bits per heavy atom. The lowest BCUT2D eigenvalue weighted by Gasteiger charge is -2.59. The quantitative estimate of drug-likeness (QED) is 0.711. The lowest BCUT2D eigenvalue weighted by atomic mass is 9.46. The molecule has 0 aromatic carbocycles. The summed E-state index contributed by atoms with van der Waals surface area (Å²) in [6.07, 6.45) is 11.6. The minimum Gasteiger partial charge on any atom is -0.481 e. The molecule has 0 unspecified atom stereocenters. The van der Waals surface area contributed by atoms with Crippen LogP contribution in [0.15, 0.2) is 24.3 Å². The van der Waals surface area contributed by atoms with Gasteiger partial charge in [-0.2, -0.15) is 0 Å². The summed E-state index contributed by atoms with van der Waals surface area (Å²) >= 11 is 0. The van der Waals surface area contributed by atoms with Crippen LogP contribution in [0.5, 0.6) is 0 Å². The standard InChI is InChI=1S/C20H30O2/c1-5-20(17(21)22)12-9-15-14(13-20)7-8-16-18(2,3)10-6-11-19(15,16)4/h5,7,15-16H,1,6,8-13H2,2-4H3,(H,21,22)/t15-,16+,19-,20-/m0/s1. The number of hydrogen-bond donors (Lipinski definition) is 1. The Balaban J connectivity index is 1.95. The van der Waals surface area contributed by atoms with Gasteiger partial charge >= 0.3 is 5.97 Å².